The molecule has 0 aliphatic carbocycles. The lowest BCUT2D eigenvalue weighted by molar-refractivity contribution is -0.135. The monoisotopic (exact) mass is 340 g/mol. The molecule has 0 aromatic carbocycles. The first kappa shape index (κ1) is 20.6. The van der Waals surface area contributed by atoms with Crippen LogP contribution in [0.25, 0.3) is 0 Å². The zero-order valence-corrected chi connectivity index (χ0v) is 12.4. The summed E-state index contributed by atoms with van der Waals surface area (Å²) in [4.78, 5) is 0. The van der Waals surface area contributed by atoms with Crippen LogP contribution in [0.3, 0.4) is 0 Å². The standard InChI is InChI=1S/C12H21F5O3S/c13-11(14,15)9-7-5-3-1-2-4-6-8-10-12(16,17)21(18,19)20/h1-10H2,(H,18,19,20). The molecule has 0 unspecified atom stereocenters. The van der Waals surface area contributed by atoms with E-state index in [0.29, 0.717) is 32.1 Å². The van der Waals surface area contributed by atoms with Gasteiger partial charge in [0.2, 0.25) is 0 Å². The minimum Gasteiger partial charge on any atom is -0.281 e. The van der Waals surface area contributed by atoms with Gasteiger partial charge in [0.05, 0.1) is 0 Å². The van der Waals surface area contributed by atoms with Crippen molar-refractivity contribution in [2.75, 3.05) is 0 Å². The minimum absolute atomic E-state index is 0.0269. The van der Waals surface area contributed by atoms with Gasteiger partial charge >= 0.3 is 21.5 Å². The third-order valence-electron chi connectivity index (χ3n) is 3.06. The van der Waals surface area contributed by atoms with E-state index in [-0.39, 0.29) is 12.8 Å². The number of alkyl halides is 5. The lowest BCUT2D eigenvalue weighted by atomic mass is 10.1. The Kier molecular flexibility index (Phi) is 8.69. The molecular weight excluding hydrogens is 319 g/mol. The van der Waals surface area contributed by atoms with Crippen LogP contribution in [0.2, 0.25) is 0 Å². The quantitative estimate of drug-likeness (QED) is 0.330. The van der Waals surface area contributed by atoms with Gasteiger partial charge in [0.1, 0.15) is 0 Å². The van der Waals surface area contributed by atoms with Gasteiger partial charge in [0, 0.05) is 12.8 Å². The summed E-state index contributed by atoms with van der Waals surface area (Å²) in [7, 11) is -5.35. The van der Waals surface area contributed by atoms with Crippen molar-refractivity contribution in [2.24, 2.45) is 0 Å². The first-order valence-electron chi connectivity index (χ1n) is 6.87. The number of unbranched alkanes of at least 4 members (excludes halogenated alkanes) is 7. The largest absolute Gasteiger partial charge is 0.389 e. The Balaban J connectivity index is 3.46. The highest BCUT2D eigenvalue weighted by Crippen LogP contribution is 2.27. The molecule has 21 heavy (non-hydrogen) atoms. The average Bonchev–Trinajstić information content (AvgIpc) is 2.28. The third kappa shape index (κ3) is 10.9. The molecule has 0 aromatic heterocycles. The lowest BCUT2D eigenvalue weighted by Crippen LogP contribution is -2.27. The van der Waals surface area contributed by atoms with E-state index >= 15 is 0 Å². The second kappa shape index (κ2) is 8.87. The van der Waals surface area contributed by atoms with Crippen molar-refractivity contribution in [1.82, 2.24) is 0 Å². The minimum atomic E-state index is -5.35. The van der Waals surface area contributed by atoms with Crippen LogP contribution in [0.5, 0.6) is 0 Å². The summed E-state index contributed by atoms with van der Waals surface area (Å²) in [6.07, 6.45) is -2.14. The molecule has 9 heteroatoms. The van der Waals surface area contributed by atoms with Gasteiger partial charge in [0.15, 0.2) is 0 Å². The maximum absolute atomic E-state index is 12.8. The van der Waals surface area contributed by atoms with Gasteiger partial charge in [-0.3, -0.25) is 4.55 Å². The maximum Gasteiger partial charge on any atom is 0.389 e. The zero-order chi connectivity index (χ0) is 16.6. The molecule has 0 heterocycles. The lowest BCUT2D eigenvalue weighted by Gasteiger charge is -2.12. The van der Waals surface area contributed by atoms with E-state index in [4.69, 9.17) is 4.55 Å². The molecule has 1 N–H and O–H groups in total. The van der Waals surface area contributed by atoms with Gasteiger partial charge in [-0.1, -0.05) is 38.5 Å². The van der Waals surface area contributed by atoms with Crippen LogP contribution in [-0.2, 0) is 10.1 Å². The fraction of sp³-hybridized carbons (Fsp3) is 1.00. The summed E-state index contributed by atoms with van der Waals surface area (Å²) in [6.45, 7) is 0. The summed E-state index contributed by atoms with van der Waals surface area (Å²) in [5.41, 5.74) is 0. The molecule has 0 spiro atoms. The Labute approximate surface area is 121 Å². The van der Waals surface area contributed by atoms with Gasteiger partial charge in [-0.15, -0.1) is 0 Å². The molecule has 0 aromatic rings. The van der Waals surface area contributed by atoms with Crippen LogP contribution in [0.1, 0.15) is 64.2 Å². The van der Waals surface area contributed by atoms with Crippen molar-refractivity contribution < 1.29 is 34.9 Å². The van der Waals surface area contributed by atoms with E-state index in [2.05, 4.69) is 0 Å². The smallest absolute Gasteiger partial charge is 0.281 e. The van der Waals surface area contributed by atoms with Gasteiger partial charge in [-0.2, -0.15) is 30.4 Å². The fourth-order valence-corrected chi connectivity index (χ4v) is 2.25. The molecule has 0 saturated heterocycles. The molecule has 0 amide bonds. The molecule has 0 rings (SSSR count). The number of rotatable bonds is 11. The molecule has 128 valence electrons. The van der Waals surface area contributed by atoms with Crippen LogP contribution < -0.4 is 0 Å². The number of halogens is 5. The predicted molar refractivity (Wildman–Crippen MR) is 68.7 cm³/mol. The number of hydrogen-bond acceptors (Lipinski definition) is 2. The summed E-state index contributed by atoms with van der Waals surface area (Å²) in [5, 5.41) is -4.11. The summed E-state index contributed by atoms with van der Waals surface area (Å²) < 4.78 is 90.0. The zero-order valence-electron chi connectivity index (χ0n) is 11.6. The molecular formula is C12H21F5O3S. The highest BCUT2D eigenvalue weighted by molar-refractivity contribution is 7.86. The SMILES string of the molecule is O=S(=O)(O)C(F)(F)CCCCCCCCCCC(F)(F)F. The van der Waals surface area contributed by atoms with E-state index in [0.717, 1.165) is 6.42 Å². The average molecular weight is 340 g/mol. The van der Waals surface area contributed by atoms with Crippen LogP contribution in [0, 0.1) is 0 Å². The Morgan fingerprint density at radius 3 is 1.33 bits per heavy atom. The first-order chi connectivity index (χ1) is 9.46. The highest BCUT2D eigenvalue weighted by Gasteiger charge is 2.42. The Hall–Kier alpha value is -0.440. The van der Waals surface area contributed by atoms with Gasteiger partial charge < -0.3 is 0 Å². The normalized spacial score (nSPS) is 13.6. The molecule has 0 saturated carbocycles. The van der Waals surface area contributed by atoms with Crippen LogP contribution in [0.15, 0.2) is 0 Å². The van der Waals surface area contributed by atoms with Gasteiger partial charge in [-0.25, -0.2) is 0 Å². The van der Waals surface area contributed by atoms with Crippen molar-refractivity contribution in [3.8, 4) is 0 Å². The molecule has 0 aliphatic heterocycles. The molecule has 0 atom stereocenters. The van der Waals surface area contributed by atoms with Gasteiger partial charge in [0.25, 0.3) is 0 Å². The second-order valence-corrected chi connectivity index (χ2v) is 6.60. The third-order valence-corrected chi connectivity index (χ3v) is 4.01. The molecule has 0 aliphatic rings. The summed E-state index contributed by atoms with van der Waals surface area (Å²) in [5.74, 6) is 0. The van der Waals surface area contributed by atoms with E-state index in [1.165, 1.54) is 0 Å². The van der Waals surface area contributed by atoms with Crippen molar-refractivity contribution in [3.05, 3.63) is 0 Å². The topological polar surface area (TPSA) is 54.4 Å². The maximum atomic E-state index is 12.8. The van der Waals surface area contributed by atoms with Crippen LogP contribution in [0.4, 0.5) is 22.0 Å². The summed E-state index contributed by atoms with van der Waals surface area (Å²) in [6, 6.07) is 0. The Morgan fingerprint density at radius 1 is 0.667 bits per heavy atom. The molecule has 0 bridgehead atoms. The molecule has 0 fully saturated rings. The van der Waals surface area contributed by atoms with Gasteiger partial charge in [-0.05, 0) is 12.8 Å². The Bertz CT molecular complexity index is 379. The number of hydrogen-bond donors (Lipinski definition) is 1. The van der Waals surface area contributed by atoms with Crippen molar-refractivity contribution in [2.45, 2.75) is 75.6 Å². The summed E-state index contributed by atoms with van der Waals surface area (Å²) >= 11 is 0. The predicted octanol–water partition coefficient (Wildman–Crippen LogP) is 4.93. The second-order valence-electron chi connectivity index (χ2n) is 5.06. The van der Waals surface area contributed by atoms with Crippen LogP contribution in [-0.4, -0.2) is 24.4 Å². The molecule has 3 nitrogen and oxygen atoms in total. The van der Waals surface area contributed by atoms with E-state index in [1.54, 1.807) is 0 Å². The van der Waals surface area contributed by atoms with E-state index < -0.39 is 34.4 Å². The first-order valence-corrected chi connectivity index (χ1v) is 8.31. The van der Waals surface area contributed by atoms with E-state index in [1.807, 2.05) is 0 Å². The highest BCUT2D eigenvalue weighted by atomic mass is 32.2. The van der Waals surface area contributed by atoms with Crippen LogP contribution >= 0.6 is 0 Å². The van der Waals surface area contributed by atoms with Crippen molar-refractivity contribution in [3.63, 3.8) is 0 Å². The fourth-order valence-electron chi connectivity index (χ4n) is 1.85. The van der Waals surface area contributed by atoms with E-state index in [9.17, 15) is 30.4 Å². The Morgan fingerprint density at radius 2 is 1.00 bits per heavy atom. The van der Waals surface area contributed by atoms with Crippen molar-refractivity contribution >= 4 is 10.1 Å². The molecule has 0 radical (unpaired) electrons. The van der Waals surface area contributed by atoms with Crippen molar-refractivity contribution in [1.29, 1.82) is 0 Å².